The maximum Gasteiger partial charge on any atom is 0.341 e. The second-order valence-electron chi connectivity index (χ2n) is 6.46. The first kappa shape index (κ1) is 20.4. The zero-order valence-corrected chi connectivity index (χ0v) is 18.0. The van der Waals surface area contributed by atoms with Crippen molar-refractivity contribution in [1.82, 2.24) is 20.2 Å². The summed E-state index contributed by atoms with van der Waals surface area (Å²) in [7, 11) is 2.93. The first-order valence-corrected chi connectivity index (χ1v) is 11.0. The van der Waals surface area contributed by atoms with E-state index in [0.29, 0.717) is 21.5 Å². The molecule has 1 N–H and O–H groups in total. The van der Waals surface area contributed by atoms with Crippen LogP contribution in [0.5, 0.6) is 5.75 Å². The van der Waals surface area contributed by atoms with Crippen molar-refractivity contribution in [3.8, 4) is 11.4 Å². The lowest BCUT2D eigenvalue weighted by Gasteiger charge is -2.08. The van der Waals surface area contributed by atoms with Gasteiger partial charge < -0.3 is 14.8 Å². The fourth-order valence-corrected chi connectivity index (χ4v) is 5.26. The summed E-state index contributed by atoms with van der Waals surface area (Å²) in [6, 6.07) is 7.31. The van der Waals surface area contributed by atoms with Crippen molar-refractivity contribution in [3.05, 3.63) is 40.3 Å². The van der Waals surface area contributed by atoms with E-state index < -0.39 is 5.97 Å². The second kappa shape index (κ2) is 8.84. The number of anilines is 1. The van der Waals surface area contributed by atoms with Gasteiger partial charge in [-0.25, -0.2) is 4.79 Å². The molecule has 0 aliphatic heterocycles. The van der Waals surface area contributed by atoms with Gasteiger partial charge in [0.15, 0.2) is 0 Å². The molecule has 1 aliphatic carbocycles. The number of benzene rings is 1. The summed E-state index contributed by atoms with van der Waals surface area (Å²) in [5.74, 6) is 0.107. The van der Waals surface area contributed by atoms with Crippen LogP contribution in [-0.4, -0.2) is 52.1 Å². The Labute approximate surface area is 180 Å². The number of tetrazole rings is 1. The smallest absolute Gasteiger partial charge is 0.341 e. The molecule has 3 aromatic rings. The lowest BCUT2D eigenvalue weighted by atomic mass is 10.1. The van der Waals surface area contributed by atoms with Gasteiger partial charge in [0, 0.05) is 10.9 Å². The number of thioether (sulfide) groups is 1. The normalized spacial score (nSPS) is 12.5. The molecule has 30 heavy (non-hydrogen) atoms. The van der Waals surface area contributed by atoms with E-state index in [4.69, 9.17) is 9.47 Å². The molecule has 2 heterocycles. The van der Waals surface area contributed by atoms with Crippen LogP contribution in [0.3, 0.4) is 0 Å². The highest BCUT2D eigenvalue weighted by atomic mass is 32.2. The van der Waals surface area contributed by atoms with Crippen LogP contribution in [0, 0.1) is 0 Å². The van der Waals surface area contributed by atoms with Crippen molar-refractivity contribution in [2.75, 3.05) is 25.3 Å². The van der Waals surface area contributed by atoms with Gasteiger partial charge in [0.05, 0.1) is 31.2 Å². The molecule has 1 amide bonds. The van der Waals surface area contributed by atoms with E-state index in [0.717, 1.165) is 35.4 Å². The SMILES string of the molecule is COC(=O)c1c(NC(=O)CSc2nnnn2-c2cccc(OC)c2)sc2c1CCC2. The van der Waals surface area contributed by atoms with Crippen LogP contribution in [0.1, 0.15) is 27.2 Å². The molecular weight excluding hydrogens is 426 g/mol. The standard InChI is InChI=1S/C19H19N5O4S2/c1-27-12-6-3-5-11(9-12)24-19(21-22-23-24)29-10-15(25)20-17-16(18(26)28-2)13-7-4-8-14(13)30-17/h3,5-6,9H,4,7-8,10H2,1-2H3,(H,20,25). The van der Waals surface area contributed by atoms with E-state index in [1.807, 2.05) is 18.2 Å². The number of ether oxygens (including phenoxy) is 2. The van der Waals surface area contributed by atoms with Gasteiger partial charge in [-0.2, -0.15) is 4.68 Å². The average Bonchev–Trinajstić information content (AvgIpc) is 3.47. The number of methoxy groups -OCH3 is 2. The van der Waals surface area contributed by atoms with Gasteiger partial charge in [-0.05, 0) is 47.4 Å². The minimum atomic E-state index is -0.417. The Morgan fingerprint density at radius 1 is 1.30 bits per heavy atom. The molecule has 0 atom stereocenters. The molecule has 0 saturated carbocycles. The first-order valence-electron chi connectivity index (χ1n) is 9.19. The van der Waals surface area contributed by atoms with Gasteiger partial charge in [0.2, 0.25) is 11.1 Å². The fraction of sp³-hybridized carbons (Fsp3) is 0.316. The van der Waals surface area contributed by atoms with E-state index in [2.05, 4.69) is 20.8 Å². The predicted molar refractivity (Wildman–Crippen MR) is 113 cm³/mol. The van der Waals surface area contributed by atoms with Crippen LogP contribution in [0.25, 0.3) is 5.69 Å². The van der Waals surface area contributed by atoms with E-state index >= 15 is 0 Å². The number of nitrogens with zero attached hydrogens (tertiary/aromatic N) is 4. The zero-order chi connectivity index (χ0) is 21.1. The third-order valence-corrected chi connectivity index (χ3v) is 6.76. The number of fused-ring (bicyclic) bond motifs is 1. The number of amides is 1. The highest BCUT2D eigenvalue weighted by molar-refractivity contribution is 7.99. The van der Waals surface area contributed by atoms with Crippen LogP contribution in [0.4, 0.5) is 5.00 Å². The number of aromatic nitrogens is 4. The topological polar surface area (TPSA) is 108 Å². The molecule has 0 unspecified atom stereocenters. The molecule has 0 bridgehead atoms. The predicted octanol–water partition coefficient (Wildman–Crippen LogP) is 2.74. The van der Waals surface area contributed by atoms with Crippen molar-refractivity contribution >= 4 is 40.0 Å². The summed E-state index contributed by atoms with van der Waals surface area (Å²) in [5, 5.41) is 15.6. The Morgan fingerprint density at radius 3 is 2.97 bits per heavy atom. The number of rotatable bonds is 7. The van der Waals surface area contributed by atoms with E-state index in [-0.39, 0.29) is 11.7 Å². The van der Waals surface area contributed by atoms with Crippen molar-refractivity contribution in [2.45, 2.75) is 24.4 Å². The molecular formula is C19H19N5O4S2. The molecule has 0 saturated heterocycles. The summed E-state index contributed by atoms with van der Waals surface area (Å²) < 4.78 is 11.7. The van der Waals surface area contributed by atoms with E-state index in [1.165, 1.54) is 30.2 Å². The molecule has 156 valence electrons. The summed E-state index contributed by atoms with van der Waals surface area (Å²) in [4.78, 5) is 25.9. The fourth-order valence-electron chi connectivity index (χ4n) is 3.28. The van der Waals surface area contributed by atoms with Gasteiger partial charge in [0.1, 0.15) is 10.8 Å². The molecule has 0 fully saturated rings. The van der Waals surface area contributed by atoms with Gasteiger partial charge >= 0.3 is 5.97 Å². The number of carbonyl (C=O) groups excluding carboxylic acids is 2. The number of hydrogen-bond donors (Lipinski definition) is 1. The molecule has 0 radical (unpaired) electrons. The number of aryl methyl sites for hydroxylation is 1. The minimum absolute atomic E-state index is 0.0908. The number of esters is 1. The Kier molecular flexibility index (Phi) is 6.00. The van der Waals surface area contributed by atoms with Crippen LogP contribution in [0.15, 0.2) is 29.4 Å². The summed E-state index contributed by atoms with van der Waals surface area (Å²) in [6.45, 7) is 0. The van der Waals surface area contributed by atoms with Gasteiger partial charge in [-0.3, -0.25) is 4.79 Å². The summed E-state index contributed by atoms with van der Waals surface area (Å²) >= 11 is 2.65. The number of nitrogens with one attached hydrogen (secondary N) is 1. The molecule has 9 nitrogen and oxygen atoms in total. The summed E-state index contributed by atoms with van der Waals surface area (Å²) in [6.07, 6.45) is 2.77. The summed E-state index contributed by atoms with van der Waals surface area (Å²) in [5.41, 5.74) is 2.20. The number of hydrogen-bond acceptors (Lipinski definition) is 9. The van der Waals surface area contributed by atoms with Crippen LogP contribution >= 0.6 is 23.1 Å². The van der Waals surface area contributed by atoms with E-state index in [9.17, 15) is 9.59 Å². The largest absolute Gasteiger partial charge is 0.497 e. The average molecular weight is 446 g/mol. The molecule has 2 aromatic heterocycles. The third kappa shape index (κ3) is 4.03. The van der Waals surface area contributed by atoms with Crippen molar-refractivity contribution in [2.24, 2.45) is 0 Å². The van der Waals surface area contributed by atoms with Crippen molar-refractivity contribution in [1.29, 1.82) is 0 Å². The first-order chi connectivity index (χ1) is 14.6. The monoisotopic (exact) mass is 445 g/mol. The molecule has 0 spiro atoms. The van der Waals surface area contributed by atoms with Crippen molar-refractivity contribution in [3.63, 3.8) is 0 Å². The molecule has 1 aliphatic rings. The Morgan fingerprint density at radius 2 is 2.17 bits per heavy atom. The van der Waals surface area contributed by atoms with Crippen LogP contribution in [0.2, 0.25) is 0 Å². The Bertz CT molecular complexity index is 1090. The second-order valence-corrected chi connectivity index (χ2v) is 8.51. The van der Waals surface area contributed by atoms with E-state index in [1.54, 1.807) is 17.9 Å². The van der Waals surface area contributed by atoms with Crippen LogP contribution in [-0.2, 0) is 22.4 Å². The lowest BCUT2D eigenvalue weighted by molar-refractivity contribution is -0.113. The highest BCUT2D eigenvalue weighted by Crippen LogP contribution is 2.39. The van der Waals surface area contributed by atoms with Gasteiger partial charge in [-0.15, -0.1) is 16.4 Å². The maximum absolute atomic E-state index is 12.6. The Hall–Kier alpha value is -2.92. The number of thiophene rings is 1. The van der Waals surface area contributed by atoms with Crippen molar-refractivity contribution < 1.29 is 19.1 Å². The van der Waals surface area contributed by atoms with Crippen LogP contribution < -0.4 is 10.1 Å². The number of carbonyl (C=O) groups is 2. The van der Waals surface area contributed by atoms with Gasteiger partial charge in [-0.1, -0.05) is 17.8 Å². The lowest BCUT2D eigenvalue weighted by Crippen LogP contribution is -2.16. The quantitative estimate of drug-likeness (QED) is 0.437. The molecule has 11 heteroatoms. The third-order valence-electron chi connectivity index (χ3n) is 4.63. The van der Waals surface area contributed by atoms with Gasteiger partial charge in [0.25, 0.3) is 0 Å². The molecule has 4 rings (SSSR count). The maximum atomic E-state index is 12.6. The highest BCUT2D eigenvalue weighted by Gasteiger charge is 2.28. The minimum Gasteiger partial charge on any atom is -0.497 e. The molecule has 1 aromatic carbocycles. The zero-order valence-electron chi connectivity index (χ0n) is 16.4. The Balaban J connectivity index is 1.46.